The van der Waals surface area contributed by atoms with E-state index in [-0.39, 0.29) is 18.3 Å². The van der Waals surface area contributed by atoms with Crippen LogP contribution in [0, 0.1) is 12.7 Å². The van der Waals surface area contributed by atoms with Gasteiger partial charge in [0.05, 0.1) is 12.6 Å². The summed E-state index contributed by atoms with van der Waals surface area (Å²) in [4.78, 5) is 23.6. The zero-order valence-electron chi connectivity index (χ0n) is 12.0. The Morgan fingerprint density at radius 1 is 1.32 bits per heavy atom. The van der Waals surface area contributed by atoms with Gasteiger partial charge in [-0.1, -0.05) is 18.2 Å². The van der Waals surface area contributed by atoms with Crippen LogP contribution in [0.15, 0.2) is 35.1 Å². The van der Waals surface area contributed by atoms with Crippen molar-refractivity contribution >= 4 is 11.5 Å². The van der Waals surface area contributed by atoms with Gasteiger partial charge in [0, 0.05) is 6.54 Å². The number of rotatable bonds is 2. The second kappa shape index (κ2) is 5.69. The molecule has 0 aliphatic carbocycles. The van der Waals surface area contributed by atoms with Crippen LogP contribution >= 0.6 is 0 Å². The van der Waals surface area contributed by atoms with Crippen molar-refractivity contribution in [2.24, 2.45) is 0 Å². The molecule has 0 radical (unpaired) electrons. The number of aromatic nitrogens is 3. The monoisotopic (exact) mass is 302 g/mol. The molecule has 6 nitrogen and oxygen atoms in total. The van der Waals surface area contributed by atoms with Gasteiger partial charge < -0.3 is 10.0 Å². The van der Waals surface area contributed by atoms with E-state index in [0.717, 1.165) is 11.1 Å². The highest BCUT2D eigenvalue weighted by molar-refractivity contribution is 5.71. The molecule has 0 fully saturated rings. The van der Waals surface area contributed by atoms with Crippen molar-refractivity contribution in [3.05, 3.63) is 58.0 Å². The Balaban J connectivity index is 1.86. The first-order valence-electron chi connectivity index (χ1n) is 6.87. The number of aryl methyl sites for hydroxylation is 1. The number of aliphatic hydroxyl groups excluding tert-OH is 1. The maximum absolute atomic E-state index is 13.0. The van der Waals surface area contributed by atoms with Gasteiger partial charge in [-0.25, -0.2) is 9.18 Å². The molecule has 1 unspecified atom stereocenters. The lowest BCUT2D eigenvalue weighted by molar-refractivity contribution is 0.233. The summed E-state index contributed by atoms with van der Waals surface area (Å²) in [6, 6.07) is 5.98. The van der Waals surface area contributed by atoms with Gasteiger partial charge in [0.25, 0.3) is 0 Å². The number of aliphatic hydroxyl groups is 1. The third kappa shape index (κ3) is 2.89. The number of nitrogens with zero attached hydrogens (tertiary/aromatic N) is 3. The highest BCUT2D eigenvalue weighted by Crippen LogP contribution is 2.24. The van der Waals surface area contributed by atoms with Gasteiger partial charge in [0.2, 0.25) is 5.95 Å². The van der Waals surface area contributed by atoms with E-state index in [4.69, 9.17) is 0 Å². The molecule has 22 heavy (non-hydrogen) atoms. The van der Waals surface area contributed by atoms with E-state index in [9.17, 15) is 14.3 Å². The second-order valence-corrected chi connectivity index (χ2v) is 5.13. The van der Waals surface area contributed by atoms with E-state index < -0.39 is 11.8 Å². The van der Waals surface area contributed by atoms with Crippen molar-refractivity contribution in [2.45, 2.75) is 13.0 Å². The maximum atomic E-state index is 13.0. The molecule has 2 heterocycles. The lowest BCUT2D eigenvalue weighted by Gasteiger charge is -2.30. The maximum Gasteiger partial charge on any atom is 0.349 e. The number of β-amino-alcohol motifs (C(OH)–C–C–N with tert-alkyl or cyclic N) is 1. The molecule has 1 aromatic heterocycles. The minimum Gasteiger partial charge on any atom is -0.387 e. The molecule has 2 aromatic rings. The van der Waals surface area contributed by atoms with Crippen LogP contribution in [0.5, 0.6) is 0 Å². The Morgan fingerprint density at radius 2 is 2.05 bits per heavy atom. The summed E-state index contributed by atoms with van der Waals surface area (Å²) >= 11 is 0. The second-order valence-electron chi connectivity index (χ2n) is 5.13. The van der Waals surface area contributed by atoms with Crippen LogP contribution < -0.4 is 10.6 Å². The van der Waals surface area contributed by atoms with Crippen LogP contribution in [-0.4, -0.2) is 39.3 Å². The first kappa shape index (κ1) is 14.4. The third-order valence-electron chi connectivity index (χ3n) is 3.50. The van der Waals surface area contributed by atoms with Crippen LogP contribution in [0.25, 0.3) is 5.57 Å². The largest absolute Gasteiger partial charge is 0.387 e. The van der Waals surface area contributed by atoms with Gasteiger partial charge >= 0.3 is 5.69 Å². The fourth-order valence-electron chi connectivity index (χ4n) is 2.46. The summed E-state index contributed by atoms with van der Waals surface area (Å²) < 4.78 is 13.0. The number of hydrogen-bond donors (Lipinski definition) is 2. The summed E-state index contributed by atoms with van der Waals surface area (Å²) in [6.07, 6.45) is 1.07. The van der Waals surface area contributed by atoms with Gasteiger partial charge in [0.15, 0.2) is 0 Å². The van der Waals surface area contributed by atoms with E-state index in [1.165, 1.54) is 12.1 Å². The number of aromatic amines is 1. The molecule has 2 N–H and O–H groups in total. The van der Waals surface area contributed by atoms with Gasteiger partial charge in [-0.2, -0.15) is 9.97 Å². The van der Waals surface area contributed by atoms with Gasteiger partial charge in [-0.05, 0) is 30.2 Å². The summed E-state index contributed by atoms with van der Waals surface area (Å²) in [5, 5.41) is 10.3. The Morgan fingerprint density at radius 3 is 2.68 bits per heavy atom. The summed E-state index contributed by atoms with van der Waals surface area (Å²) in [7, 11) is 0. The lowest BCUT2D eigenvalue weighted by Crippen LogP contribution is -2.39. The quantitative estimate of drug-likeness (QED) is 0.860. The van der Waals surface area contributed by atoms with Crippen molar-refractivity contribution in [2.75, 3.05) is 18.0 Å². The van der Waals surface area contributed by atoms with Crippen LogP contribution in [0.4, 0.5) is 10.3 Å². The number of H-pyrrole nitrogens is 1. The van der Waals surface area contributed by atoms with Gasteiger partial charge in [-0.15, -0.1) is 0 Å². The van der Waals surface area contributed by atoms with Crippen molar-refractivity contribution in [1.82, 2.24) is 15.0 Å². The standard InChI is InChI=1S/C15H15FN4O2/c1-9-17-14(19-15(22)18-9)20-7-6-12(13(21)8-20)10-2-4-11(16)5-3-10/h2-6,13,21H,7-8H2,1H3,(H,17,18,19,22). The Labute approximate surface area is 126 Å². The highest BCUT2D eigenvalue weighted by Gasteiger charge is 2.23. The molecular weight excluding hydrogens is 287 g/mol. The zero-order valence-corrected chi connectivity index (χ0v) is 12.0. The fraction of sp³-hybridized carbons (Fsp3) is 0.267. The molecule has 0 saturated heterocycles. The van der Waals surface area contributed by atoms with Crippen LogP contribution in [0.1, 0.15) is 11.4 Å². The SMILES string of the molecule is Cc1nc(N2CC=C(c3ccc(F)cc3)C(O)C2)nc(=O)[nH]1. The van der Waals surface area contributed by atoms with Crippen LogP contribution in [-0.2, 0) is 0 Å². The molecule has 0 saturated carbocycles. The van der Waals surface area contributed by atoms with E-state index >= 15 is 0 Å². The van der Waals surface area contributed by atoms with Crippen molar-refractivity contribution in [3.63, 3.8) is 0 Å². The minimum atomic E-state index is -0.762. The van der Waals surface area contributed by atoms with Gasteiger partial charge in [-0.3, -0.25) is 4.98 Å². The van der Waals surface area contributed by atoms with E-state index in [2.05, 4.69) is 15.0 Å². The minimum absolute atomic E-state index is 0.270. The first-order chi connectivity index (χ1) is 10.5. The van der Waals surface area contributed by atoms with Gasteiger partial charge in [0.1, 0.15) is 11.6 Å². The Hall–Kier alpha value is -2.54. The topological polar surface area (TPSA) is 82.1 Å². The molecule has 0 bridgehead atoms. The first-order valence-corrected chi connectivity index (χ1v) is 6.87. The number of nitrogens with one attached hydrogen (secondary N) is 1. The molecule has 0 amide bonds. The highest BCUT2D eigenvalue weighted by atomic mass is 19.1. The Bertz CT molecular complexity index is 770. The summed E-state index contributed by atoms with van der Waals surface area (Å²) in [6.45, 7) is 2.41. The predicted octanol–water partition coefficient (Wildman–Crippen LogP) is 0.877. The molecule has 7 heteroatoms. The Kier molecular flexibility index (Phi) is 3.72. The average Bonchev–Trinajstić information content (AvgIpc) is 2.47. The number of benzene rings is 1. The molecule has 3 rings (SSSR count). The molecule has 1 atom stereocenters. The number of halogens is 1. The lowest BCUT2D eigenvalue weighted by atomic mass is 9.97. The number of anilines is 1. The predicted molar refractivity (Wildman–Crippen MR) is 80.0 cm³/mol. The molecule has 114 valence electrons. The van der Waals surface area contributed by atoms with E-state index in [1.807, 2.05) is 6.08 Å². The smallest absolute Gasteiger partial charge is 0.349 e. The molecular formula is C15H15FN4O2. The number of hydrogen-bond acceptors (Lipinski definition) is 5. The molecule has 1 aromatic carbocycles. The van der Waals surface area contributed by atoms with Crippen molar-refractivity contribution in [3.8, 4) is 0 Å². The molecule has 0 spiro atoms. The molecule has 1 aliphatic heterocycles. The average molecular weight is 302 g/mol. The normalized spacial score (nSPS) is 18.2. The summed E-state index contributed by atoms with van der Waals surface area (Å²) in [5.74, 6) is 0.441. The van der Waals surface area contributed by atoms with Crippen LogP contribution in [0.3, 0.4) is 0 Å². The third-order valence-corrected chi connectivity index (χ3v) is 3.50. The fourth-order valence-corrected chi connectivity index (χ4v) is 2.46. The molecule has 1 aliphatic rings. The van der Waals surface area contributed by atoms with Crippen LogP contribution in [0.2, 0.25) is 0 Å². The zero-order chi connectivity index (χ0) is 15.7. The van der Waals surface area contributed by atoms with Crippen molar-refractivity contribution in [1.29, 1.82) is 0 Å². The van der Waals surface area contributed by atoms with Crippen molar-refractivity contribution < 1.29 is 9.50 Å². The van der Waals surface area contributed by atoms with E-state index in [1.54, 1.807) is 24.0 Å². The summed E-state index contributed by atoms with van der Waals surface area (Å²) in [5.41, 5.74) is 1.04. The van der Waals surface area contributed by atoms with E-state index in [0.29, 0.717) is 12.4 Å².